The van der Waals surface area contributed by atoms with Gasteiger partial charge < -0.3 is 5.32 Å². The average Bonchev–Trinajstić information content (AvgIpc) is 2.39. The van der Waals surface area contributed by atoms with Crippen molar-refractivity contribution in [3.8, 4) is 0 Å². The van der Waals surface area contributed by atoms with E-state index in [1.165, 1.54) is 22.5 Å². The van der Waals surface area contributed by atoms with E-state index in [-0.39, 0.29) is 11.4 Å². The molecule has 2 rings (SSSR count). The van der Waals surface area contributed by atoms with Gasteiger partial charge >= 0.3 is 10.2 Å². The SMILES string of the molecule is O=[N+]([O-])c1ccccc1NS(=O)(=O)N1CCNCC1. The number of para-hydroxylation sites is 2. The first kappa shape index (κ1) is 13.7. The van der Waals surface area contributed by atoms with Crippen LogP contribution in [0, 0.1) is 10.1 Å². The molecule has 1 aromatic carbocycles. The third-order valence-corrected chi connectivity index (χ3v) is 4.28. The number of hydrogen-bond acceptors (Lipinski definition) is 5. The van der Waals surface area contributed by atoms with Gasteiger partial charge in [-0.1, -0.05) is 12.1 Å². The van der Waals surface area contributed by atoms with E-state index in [0.717, 1.165) is 0 Å². The third kappa shape index (κ3) is 3.19. The van der Waals surface area contributed by atoms with Crippen molar-refractivity contribution >= 4 is 21.6 Å². The first-order valence-electron chi connectivity index (χ1n) is 5.73. The van der Waals surface area contributed by atoms with Crippen molar-refractivity contribution in [3.63, 3.8) is 0 Å². The number of nitrogens with one attached hydrogen (secondary N) is 2. The molecule has 104 valence electrons. The Morgan fingerprint density at radius 2 is 1.89 bits per heavy atom. The standard InChI is InChI=1S/C10H14N4O4S/c15-14(16)10-4-2-1-3-9(10)12-19(17,18)13-7-5-11-6-8-13/h1-4,11-12H,5-8H2. The average molecular weight is 286 g/mol. The Kier molecular flexibility index (Phi) is 3.98. The van der Waals surface area contributed by atoms with Gasteiger partial charge in [0.2, 0.25) is 0 Å². The Hall–Kier alpha value is -1.71. The molecule has 0 amide bonds. The fourth-order valence-corrected chi connectivity index (χ4v) is 3.05. The highest BCUT2D eigenvalue weighted by molar-refractivity contribution is 7.90. The van der Waals surface area contributed by atoms with E-state index in [2.05, 4.69) is 10.0 Å². The molecular formula is C10H14N4O4S. The Morgan fingerprint density at radius 3 is 2.53 bits per heavy atom. The molecule has 1 fully saturated rings. The summed E-state index contributed by atoms with van der Waals surface area (Å²) in [6.07, 6.45) is 0. The van der Waals surface area contributed by atoms with Crippen LogP contribution in [0.25, 0.3) is 0 Å². The smallest absolute Gasteiger partial charge is 0.301 e. The molecule has 2 N–H and O–H groups in total. The normalized spacial score (nSPS) is 17.1. The van der Waals surface area contributed by atoms with E-state index >= 15 is 0 Å². The summed E-state index contributed by atoms with van der Waals surface area (Å²) >= 11 is 0. The molecule has 19 heavy (non-hydrogen) atoms. The summed E-state index contributed by atoms with van der Waals surface area (Å²) in [5, 5.41) is 13.9. The lowest BCUT2D eigenvalue weighted by Crippen LogP contribution is -2.48. The van der Waals surface area contributed by atoms with E-state index in [4.69, 9.17) is 0 Å². The molecule has 0 radical (unpaired) electrons. The van der Waals surface area contributed by atoms with Crippen LogP contribution >= 0.6 is 0 Å². The van der Waals surface area contributed by atoms with Gasteiger partial charge in [-0.3, -0.25) is 14.8 Å². The zero-order chi connectivity index (χ0) is 13.9. The minimum absolute atomic E-state index is 0.0222. The van der Waals surface area contributed by atoms with Gasteiger partial charge in [-0.2, -0.15) is 12.7 Å². The van der Waals surface area contributed by atoms with Gasteiger partial charge in [0.05, 0.1) is 4.92 Å². The zero-order valence-corrected chi connectivity index (χ0v) is 10.9. The highest BCUT2D eigenvalue weighted by atomic mass is 32.2. The molecule has 9 heteroatoms. The van der Waals surface area contributed by atoms with Crippen LogP contribution in [0.2, 0.25) is 0 Å². The van der Waals surface area contributed by atoms with Crippen LogP contribution in [-0.2, 0) is 10.2 Å². The van der Waals surface area contributed by atoms with Gasteiger partial charge in [-0.05, 0) is 6.07 Å². The van der Waals surface area contributed by atoms with E-state index in [0.29, 0.717) is 26.2 Å². The van der Waals surface area contributed by atoms with Crippen molar-refractivity contribution in [2.45, 2.75) is 0 Å². The molecule has 0 aliphatic carbocycles. The summed E-state index contributed by atoms with van der Waals surface area (Å²) in [6.45, 7) is 1.82. The fraction of sp³-hybridized carbons (Fsp3) is 0.400. The molecule has 1 aliphatic rings. The molecule has 1 saturated heterocycles. The van der Waals surface area contributed by atoms with Crippen molar-refractivity contribution in [2.75, 3.05) is 30.9 Å². The fourth-order valence-electron chi connectivity index (χ4n) is 1.81. The topological polar surface area (TPSA) is 105 Å². The monoisotopic (exact) mass is 286 g/mol. The number of nitrogens with zero attached hydrogens (tertiary/aromatic N) is 2. The van der Waals surface area contributed by atoms with Crippen LogP contribution in [-0.4, -0.2) is 43.8 Å². The van der Waals surface area contributed by atoms with E-state index in [1.54, 1.807) is 6.07 Å². The van der Waals surface area contributed by atoms with Crippen LogP contribution in [0.15, 0.2) is 24.3 Å². The molecule has 0 spiro atoms. The van der Waals surface area contributed by atoms with Gasteiger partial charge in [0, 0.05) is 32.2 Å². The largest absolute Gasteiger partial charge is 0.314 e. The molecule has 0 bridgehead atoms. The van der Waals surface area contributed by atoms with Crippen molar-refractivity contribution in [3.05, 3.63) is 34.4 Å². The number of nitro benzene ring substituents is 1. The van der Waals surface area contributed by atoms with Crippen molar-refractivity contribution in [1.82, 2.24) is 9.62 Å². The number of benzene rings is 1. The Morgan fingerprint density at radius 1 is 1.26 bits per heavy atom. The summed E-state index contributed by atoms with van der Waals surface area (Å²) in [5.74, 6) is 0. The maximum absolute atomic E-state index is 12.1. The number of piperazine rings is 1. The lowest BCUT2D eigenvalue weighted by Gasteiger charge is -2.26. The first-order chi connectivity index (χ1) is 9.00. The predicted octanol–water partition coefficient (Wildman–Crippen LogP) is 0.157. The van der Waals surface area contributed by atoms with Gasteiger partial charge in [0.25, 0.3) is 5.69 Å². The van der Waals surface area contributed by atoms with Gasteiger partial charge in [-0.25, -0.2) is 0 Å². The van der Waals surface area contributed by atoms with Crippen LogP contribution in [0.4, 0.5) is 11.4 Å². The van der Waals surface area contributed by atoms with Crippen LogP contribution < -0.4 is 10.0 Å². The second-order valence-electron chi connectivity index (χ2n) is 4.03. The first-order valence-corrected chi connectivity index (χ1v) is 7.17. The van der Waals surface area contributed by atoms with Crippen molar-refractivity contribution in [1.29, 1.82) is 0 Å². The Balaban J connectivity index is 2.22. The summed E-state index contributed by atoms with van der Waals surface area (Å²) in [5.41, 5.74) is -0.285. The second-order valence-corrected chi connectivity index (χ2v) is 5.70. The zero-order valence-electron chi connectivity index (χ0n) is 10.1. The molecule has 8 nitrogen and oxygen atoms in total. The summed E-state index contributed by atoms with van der Waals surface area (Å²) in [4.78, 5) is 10.2. The molecule has 0 unspecified atom stereocenters. The van der Waals surface area contributed by atoms with E-state index < -0.39 is 15.1 Å². The molecule has 1 heterocycles. The summed E-state index contributed by atoms with van der Waals surface area (Å²) in [6, 6.07) is 5.66. The minimum atomic E-state index is -3.75. The maximum atomic E-state index is 12.1. The Labute approximate surface area is 110 Å². The highest BCUT2D eigenvalue weighted by Crippen LogP contribution is 2.24. The third-order valence-electron chi connectivity index (χ3n) is 2.76. The number of hydrogen-bond donors (Lipinski definition) is 2. The summed E-state index contributed by atoms with van der Waals surface area (Å²) in [7, 11) is -3.75. The van der Waals surface area contributed by atoms with Crippen molar-refractivity contribution < 1.29 is 13.3 Å². The van der Waals surface area contributed by atoms with Gasteiger partial charge in [0.15, 0.2) is 0 Å². The molecule has 0 saturated carbocycles. The van der Waals surface area contributed by atoms with E-state index in [1.807, 2.05) is 0 Å². The van der Waals surface area contributed by atoms with E-state index in [9.17, 15) is 18.5 Å². The lowest BCUT2D eigenvalue weighted by molar-refractivity contribution is -0.383. The molecule has 0 aromatic heterocycles. The minimum Gasteiger partial charge on any atom is -0.314 e. The lowest BCUT2D eigenvalue weighted by atomic mass is 10.3. The summed E-state index contributed by atoms with van der Waals surface area (Å²) < 4.78 is 27.7. The quantitative estimate of drug-likeness (QED) is 0.606. The number of rotatable bonds is 4. The van der Waals surface area contributed by atoms with Crippen LogP contribution in [0.1, 0.15) is 0 Å². The number of anilines is 1. The molecule has 0 atom stereocenters. The van der Waals surface area contributed by atoms with Crippen LogP contribution in [0.3, 0.4) is 0 Å². The second kappa shape index (κ2) is 5.51. The van der Waals surface area contributed by atoms with Gasteiger partial charge in [0.1, 0.15) is 5.69 Å². The predicted molar refractivity (Wildman–Crippen MR) is 70.1 cm³/mol. The van der Waals surface area contributed by atoms with Gasteiger partial charge in [-0.15, -0.1) is 0 Å². The van der Waals surface area contributed by atoms with Crippen molar-refractivity contribution in [2.24, 2.45) is 0 Å². The molecule has 1 aliphatic heterocycles. The Bertz CT molecular complexity index is 569. The van der Waals surface area contributed by atoms with Crippen LogP contribution in [0.5, 0.6) is 0 Å². The molecule has 1 aromatic rings. The maximum Gasteiger partial charge on any atom is 0.301 e. The molecular weight excluding hydrogens is 272 g/mol. The highest BCUT2D eigenvalue weighted by Gasteiger charge is 2.26. The number of nitro groups is 1.